The molecule has 6 heteroatoms. The van der Waals surface area contributed by atoms with Crippen molar-refractivity contribution in [2.45, 2.75) is 4.90 Å². The van der Waals surface area contributed by atoms with E-state index >= 15 is 0 Å². The van der Waals surface area contributed by atoms with Crippen LogP contribution in [0.4, 0.5) is 0 Å². The predicted octanol–water partition coefficient (Wildman–Crippen LogP) is 0.357. The van der Waals surface area contributed by atoms with E-state index in [4.69, 9.17) is 6.42 Å². The largest absolute Gasteiger partial charge is 0.332 e. The third kappa shape index (κ3) is 1.83. The molecule has 92 valence electrons. The molecule has 0 spiro atoms. The van der Waals surface area contributed by atoms with Crippen LogP contribution in [-0.2, 0) is 14.1 Å². The Kier molecular flexibility index (Phi) is 3.26. The molecular formula is C12H11N3O2S. The molecule has 0 amide bonds. The molecule has 0 unspecified atom stereocenters. The van der Waals surface area contributed by atoms with Crippen LogP contribution in [0.3, 0.4) is 0 Å². The second-order valence-corrected chi connectivity index (χ2v) is 4.72. The van der Waals surface area contributed by atoms with Crippen molar-refractivity contribution in [3.63, 3.8) is 0 Å². The number of aromatic nitrogens is 3. The molecule has 0 saturated heterocycles. The van der Waals surface area contributed by atoms with Crippen LogP contribution in [0.25, 0.3) is 11.0 Å². The van der Waals surface area contributed by atoms with Crippen molar-refractivity contribution < 1.29 is 0 Å². The van der Waals surface area contributed by atoms with Crippen LogP contribution < -0.4 is 11.2 Å². The predicted molar refractivity (Wildman–Crippen MR) is 71.8 cm³/mol. The van der Waals surface area contributed by atoms with E-state index in [1.54, 1.807) is 19.3 Å². The second kappa shape index (κ2) is 4.70. The molecule has 0 aliphatic carbocycles. The number of hydrogen-bond donors (Lipinski definition) is 0. The van der Waals surface area contributed by atoms with Crippen LogP contribution in [0.5, 0.6) is 0 Å². The molecule has 2 heterocycles. The molecule has 2 aromatic rings. The normalized spacial score (nSPS) is 10.5. The maximum Gasteiger partial charge on any atom is 0.332 e. The number of aryl methyl sites for hydroxylation is 1. The average Bonchev–Trinajstić information content (AvgIpc) is 2.40. The van der Waals surface area contributed by atoms with E-state index in [0.717, 1.165) is 9.46 Å². The summed E-state index contributed by atoms with van der Waals surface area (Å²) < 4.78 is 2.43. The summed E-state index contributed by atoms with van der Waals surface area (Å²) in [6.07, 6.45) is 6.79. The van der Waals surface area contributed by atoms with Crippen molar-refractivity contribution in [2.75, 3.05) is 5.75 Å². The molecule has 0 aliphatic heterocycles. The Morgan fingerprint density at radius 2 is 2.11 bits per heavy atom. The zero-order valence-electron chi connectivity index (χ0n) is 10.0. The van der Waals surface area contributed by atoms with Gasteiger partial charge in [0.25, 0.3) is 5.56 Å². The first kappa shape index (κ1) is 12.5. The summed E-state index contributed by atoms with van der Waals surface area (Å²) in [4.78, 5) is 28.7. The molecule has 2 aromatic heterocycles. The third-order valence-corrected chi connectivity index (χ3v) is 3.58. The fourth-order valence-electron chi connectivity index (χ4n) is 1.70. The number of rotatable bonds is 2. The highest BCUT2D eigenvalue weighted by molar-refractivity contribution is 7.99. The van der Waals surface area contributed by atoms with Crippen LogP contribution in [0, 0.1) is 12.3 Å². The fraction of sp³-hybridized carbons (Fsp3) is 0.250. The van der Waals surface area contributed by atoms with Gasteiger partial charge in [-0.15, -0.1) is 18.2 Å². The number of thioether (sulfide) groups is 1. The number of fused-ring (bicyclic) bond motifs is 1. The molecule has 18 heavy (non-hydrogen) atoms. The summed E-state index contributed by atoms with van der Waals surface area (Å²) in [6.45, 7) is 0. The summed E-state index contributed by atoms with van der Waals surface area (Å²) in [5, 5.41) is 0.433. The van der Waals surface area contributed by atoms with E-state index in [1.807, 2.05) is 0 Å². The van der Waals surface area contributed by atoms with Gasteiger partial charge >= 0.3 is 5.69 Å². The maximum absolute atomic E-state index is 12.1. The second-order valence-electron chi connectivity index (χ2n) is 3.71. The summed E-state index contributed by atoms with van der Waals surface area (Å²) in [6, 6.07) is 1.73. The van der Waals surface area contributed by atoms with Crippen LogP contribution >= 0.6 is 11.8 Å². The highest BCUT2D eigenvalue weighted by Crippen LogP contribution is 2.22. The molecule has 0 fully saturated rings. The maximum atomic E-state index is 12.1. The Bertz CT molecular complexity index is 768. The third-order valence-electron chi connectivity index (χ3n) is 2.61. The monoisotopic (exact) mass is 261 g/mol. The van der Waals surface area contributed by atoms with Gasteiger partial charge in [-0.25, -0.2) is 9.78 Å². The SMILES string of the molecule is C#CCSc1ccnc2c1c(=O)n(C)c(=O)n2C. The Morgan fingerprint density at radius 3 is 2.78 bits per heavy atom. The lowest BCUT2D eigenvalue weighted by molar-refractivity contribution is 0.706. The number of pyridine rings is 1. The molecule has 0 aliphatic rings. The van der Waals surface area contributed by atoms with E-state index in [9.17, 15) is 9.59 Å². The lowest BCUT2D eigenvalue weighted by atomic mass is 10.3. The summed E-state index contributed by atoms with van der Waals surface area (Å²) >= 11 is 1.38. The number of terminal acetylenes is 1. The molecular weight excluding hydrogens is 250 g/mol. The van der Waals surface area contributed by atoms with Crippen molar-refractivity contribution in [2.24, 2.45) is 14.1 Å². The van der Waals surface area contributed by atoms with Gasteiger partial charge in [-0.3, -0.25) is 13.9 Å². The minimum atomic E-state index is -0.390. The smallest absolute Gasteiger partial charge is 0.280 e. The average molecular weight is 261 g/mol. The van der Waals surface area contributed by atoms with E-state index in [0.29, 0.717) is 16.8 Å². The van der Waals surface area contributed by atoms with Gasteiger partial charge in [-0.05, 0) is 6.07 Å². The minimum Gasteiger partial charge on any atom is -0.280 e. The summed E-state index contributed by atoms with van der Waals surface area (Å²) in [5.74, 6) is 2.97. The van der Waals surface area contributed by atoms with Gasteiger partial charge < -0.3 is 0 Å². The molecule has 0 radical (unpaired) electrons. The highest BCUT2D eigenvalue weighted by Gasteiger charge is 2.13. The van der Waals surface area contributed by atoms with Gasteiger partial charge in [0.15, 0.2) is 0 Å². The molecule has 0 saturated carbocycles. The Morgan fingerprint density at radius 1 is 1.39 bits per heavy atom. The van der Waals surface area contributed by atoms with Crippen molar-refractivity contribution in [3.8, 4) is 12.3 Å². The first-order valence-electron chi connectivity index (χ1n) is 5.19. The lowest BCUT2D eigenvalue weighted by Crippen LogP contribution is -2.37. The first-order valence-corrected chi connectivity index (χ1v) is 6.17. The summed E-state index contributed by atoms with van der Waals surface area (Å²) in [5.41, 5.74) is -0.357. The van der Waals surface area contributed by atoms with Crippen LogP contribution in [0.15, 0.2) is 26.7 Å². The zero-order chi connectivity index (χ0) is 13.3. The van der Waals surface area contributed by atoms with Gasteiger partial charge in [0.2, 0.25) is 0 Å². The highest BCUT2D eigenvalue weighted by atomic mass is 32.2. The van der Waals surface area contributed by atoms with E-state index in [1.165, 1.54) is 23.4 Å². The van der Waals surface area contributed by atoms with Crippen LogP contribution in [-0.4, -0.2) is 19.9 Å². The van der Waals surface area contributed by atoms with Crippen LogP contribution in [0.2, 0.25) is 0 Å². The van der Waals surface area contributed by atoms with Crippen molar-refractivity contribution >= 4 is 22.8 Å². The first-order chi connectivity index (χ1) is 8.57. The Balaban J connectivity index is 2.90. The van der Waals surface area contributed by atoms with E-state index < -0.39 is 0 Å². The standard InChI is InChI=1S/C12H11N3O2S/c1-4-7-18-8-5-6-13-10-9(8)11(16)15(3)12(17)14(10)2/h1,5-6H,7H2,2-3H3. The minimum absolute atomic E-state index is 0.347. The van der Waals surface area contributed by atoms with Gasteiger partial charge in [0, 0.05) is 25.2 Å². The van der Waals surface area contributed by atoms with E-state index in [-0.39, 0.29) is 11.2 Å². The van der Waals surface area contributed by atoms with Crippen molar-refractivity contribution in [1.82, 2.24) is 14.1 Å². The quantitative estimate of drug-likeness (QED) is 0.578. The zero-order valence-corrected chi connectivity index (χ0v) is 10.8. The van der Waals surface area contributed by atoms with Gasteiger partial charge in [-0.1, -0.05) is 5.92 Å². The van der Waals surface area contributed by atoms with Crippen LogP contribution in [0.1, 0.15) is 0 Å². The summed E-state index contributed by atoms with van der Waals surface area (Å²) in [7, 11) is 3.04. The molecule has 2 rings (SSSR count). The van der Waals surface area contributed by atoms with Gasteiger partial charge in [0.05, 0.1) is 11.1 Å². The van der Waals surface area contributed by atoms with Gasteiger partial charge in [-0.2, -0.15) is 0 Å². The molecule has 0 aromatic carbocycles. The Labute approximate surface area is 107 Å². The van der Waals surface area contributed by atoms with Gasteiger partial charge in [0.1, 0.15) is 5.65 Å². The number of nitrogens with zero attached hydrogens (tertiary/aromatic N) is 3. The molecule has 5 nitrogen and oxygen atoms in total. The van der Waals surface area contributed by atoms with Crippen molar-refractivity contribution in [1.29, 1.82) is 0 Å². The molecule has 0 bridgehead atoms. The number of hydrogen-bond acceptors (Lipinski definition) is 4. The lowest BCUT2D eigenvalue weighted by Gasteiger charge is -2.08. The van der Waals surface area contributed by atoms with E-state index in [2.05, 4.69) is 10.9 Å². The Hall–Kier alpha value is -2.00. The van der Waals surface area contributed by atoms with Crippen molar-refractivity contribution in [3.05, 3.63) is 33.1 Å². The molecule has 0 atom stereocenters. The molecule has 0 N–H and O–H groups in total. The topological polar surface area (TPSA) is 56.9 Å². The fourth-order valence-corrected chi connectivity index (χ4v) is 2.42.